The molecule has 0 aromatic heterocycles. The van der Waals surface area contributed by atoms with E-state index in [2.05, 4.69) is 21.2 Å². The molecule has 0 spiro atoms. The molecule has 0 heterocycles. The number of nitrogen functional groups attached to an aromatic ring is 1. The molecule has 7 heteroatoms. The molecule has 96 valence electrons. The summed E-state index contributed by atoms with van der Waals surface area (Å²) in [6.45, 7) is 1.84. The van der Waals surface area contributed by atoms with E-state index in [1.165, 1.54) is 12.1 Å². The summed E-state index contributed by atoms with van der Waals surface area (Å²) in [6.07, 6.45) is 0. The van der Waals surface area contributed by atoms with Crippen LogP contribution in [0.1, 0.15) is 6.92 Å². The SMILES string of the molecule is CCS(=O)(=O)CCNc1cc(Br)c(F)cc1N. The first-order valence-electron chi connectivity index (χ1n) is 5.04. The van der Waals surface area contributed by atoms with E-state index in [1.54, 1.807) is 6.92 Å². The fourth-order valence-corrected chi connectivity index (χ4v) is 2.25. The number of nitrogens with two attached hydrogens (primary N) is 1. The molecule has 3 N–H and O–H groups in total. The number of nitrogens with one attached hydrogen (secondary N) is 1. The Morgan fingerprint density at radius 1 is 1.47 bits per heavy atom. The number of anilines is 2. The molecule has 0 fully saturated rings. The Bertz CT molecular complexity index is 505. The van der Waals surface area contributed by atoms with E-state index in [0.717, 1.165) is 0 Å². The van der Waals surface area contributed by atoms with Crippen molar-refractivity contribution in [1.29, 1.82) is 0 Å². The highest BCUT2D eigenvalue weighted by molar-refractivity contribution is 9.10. The molecule has 1 aromatic carbocycles. The van der Waals surface area contributed by atoms with Crippen LogP contribution in [0.25, 0.3) is 0 Å². The summed E-state index contributed by atoms with van der Waals surface area (Å²) in [5.41, 5.74) is 6.37. The first-order chi connectivity index (χ1) is 7.85. The molecule has 0 aliphatic carbocycles. The smallest absolute Gasteiger partial charge is 0.151 e. The van der Waals surface area contributed by atoms with Crippen LogP contribution in [0, 0.1) is 5.82 Å². The van der Waals surface area contributed by atoms with Gasteiger partial charge in [-0.25, -0.2) is 12.8 Å². The Hall–Kier alpha value is -0.820. The number of hydrogen-bond donors (Lipinski definition) is 2. The minimum atomic E-state index is -3.01. The normalized spacial score (nSPS) is 11.5. The lowest BCUT2D eigenvalue weighted by Gasteiger charge is -2.10. The molecular formula is C10H14BrFN2O2S. The topological polar surface area (TPSA) is 72.2 Å². The van der Waals surface area contributed by atoms with Crippen LogP contribution < -0.4 is 11.1 Å². The van der Waals surface area contributed by atoms with Gasteiger partial charge in [0.1, 0.15) is 5.82 Å². The van der Waals surface area contributed by atoms with Gasteiger partial charge in [-0.05, 0) is 22.0 Å². The maximum atomic E-state index is 13.1. The predicted octanol–water partition coefficient (Wildman–Crippen LogP) is 2.02. The number of benzene rings is 1. The average molecular weight is 325 g/mol. The highest BCUT2D eigenvalue weighted by atomic mass is 79.9. The summed E-state index contributed by atoms with van der Waals surface area (Å²) >= 11 is 3.04. The maximum absolute atomic E-state index is 13.1. The van der Waals surface area contributed by atoms with Gasteiger partial charge in [0.25, 0.3) is 0 Å². The van der Waals surface area contributed by atoms with Gasteiger partial charge in [-0.3, -0.25) is 0 Å². The molecule has 1 aromatic rings. The molecular weight excluding hydrogens is 311 g/mol. The van der Waals surface area contributed by atoms with E-state index in [0.29, 0.717) is 5.69 Å². The van der Waals surface area contributed by atoms with Gasteiger partial charge in [0.2, 0.25) is 0 Å². The van der Waals surface area contributed by atoms with Crippen molar-refractivity contribution in [3.63, 3.8) is 0 Å². The minimum Gasteiger partial charge on any atom is -0.397 e. The molecule has 0 amide bonds. The molecule has 0 aliphatic rings. The Kier molecular flexibility index (Phi) is 4.76. The third-order valence-corrected chi connectivity index (χ3v) is 4.57. The van der Waals surface area contributed by atoms with Gasteiger partial charge in [-0.1, -0.05) is 6.92 Å². The summed E-state index contributed by atoms with van der Waals surface area (Å²) in [5, 5.41) is 2.87. The Labute approximate surface area is 108 Å². The van der Waals surface area contributed by atoms with E-state index in [9.17, 15) is 12.8 Å². The maximum Gasteiger partial charge on any atom is 0.151 e. The molecule has 0 saturated heterocycles. The van der Waals surface area contributed by atoms with Gasteiger partial charge >= 0.3 is 0 Å². The van der Waals surface area contributed by atoms with Crippen LogP contribution >= 0.6 is 15.9 Å². The molecule has 4 nitrogen and oxygen atoms in total. The molecule has 0 saturated carbocycles. The summed E-state index contributed by atoms with van der Waals surface area (Å²) in [4.78, 5) is 0. The van der Waals surface area contributed by atoms with Gasteiger partial charge in [-0.2, -0.15) is 0 Å². The van der Waals surface area contributed by atoms with E-state index in [1.807, 2.05) is 0 Å². The van der Waals surface area contributed by atoms with E-state index in [-0.39, 0.29) is 28.2 Å². The van der Waals surface area contributed by atoms with Crippen LogP contribution in [0.2, 0.25) is 0 Å². The van der Waals surface area contributed by atoms with Crippen molar-refractivity contribution in [3.05, 3.63) is 22.4 Å². The van der Waals surface area contributed by atoms with Gasteiger partial charge in [0.15, 0.2) is 9.84 Å². The largest absolute Gasteiger partial charge is 0.397 e. The minimum absolute atomic E-state index is 0.0257. The monoisotopic (exact) mass is 324 g/mol. The molecule has 0 radical (unpaired) electrons. The van der Waals surface area contributed by atoms with Gasteiger partial charge in [0.05, 0.1) is 21.6 Å². The number of hydrogen-bond acceptors (Lipinski definition) is 4. The summed E-state index contributed by atoms with van der Waals surface area (Å²) in [6, 6.07) is 2.67. The van der Waals surface area contributed by atoms with Crippen molar-refractivity contribution in [2.75, 3.05) is 29.1 Å². The fraction of sp³-hybridized carbons (Fsp3) is 0.400. The number of halogens is 2. The third-order valence-electron chi connectivity index (χ3n) is 2.26. The number of sulfone groups is 1. The van der Waals surface area contributed by atoms with E-state index in [4.69, 9.17) is 5.73 Å². The van der Waals surface area contributed by atoms with Crippen LogP contribution in [0.15, 0.2) is 16.6 Å². The lowest BCUT2D eigenvalue weighted by atomic mass is 10.2. The standard InChI is InChI=1S/C10H14BrFN2O2S/c1-2-17(15,16)4-3-14-10-5-7(11)8(12)6-9(10)13/h5-6,14H,2-4,13H2,1H3. The molecule has 17 heavy (non-hydrogen) atoms. The zero-order valence-electron chi connectivity index (χ0n) is 9.33. The van der Waals surface area contributed by atoms with Crippen molar-refractivity contribution >= 4 is 37.1 Å². The predicted molar refractivity (Wildman–Crippen MR) is 71.3 cm³/mol. The van der Waals surface area contributed by atoms with Crippen LogP contribution in [-0.4, -0.2) is 26.5 Å². The summed E-state index contributed by atoms with van der Waals surface area (Å²) < 4.78 is 35.9. The van der Waals surface area contributed by atoms with Crippen molar-refractivity contribution in [2.24, 2.45) is 0 Å². The molecule has 0 bridgehead atoms. The highest BCUT2D eigenvalue weighted by Gasteiger charge is 2.09. The zero-order valence-corrected chi connectivity index (χ0v) is 11.7. The van der Waals surface area contributed by atoms with Crippen molar-refractivity contribution in [2.45, 2.75) is 6.92 Å². The van der Waals surface area contributed by atoms with Crippen LogP contribution in [0.3, 0.4) is 0 Å². The molecule has 0 unspecified atom stereocenters. The third kappa shape index (κ3) is 4.16. The molecule has 0 aliphatic heterocycles. The Balaban J connectivity index is 2.68. The first kappa shape index (κ1) is 14.2. The molecule has 0 atom stereocenters. The zero-order chi connectivity index (χ0) is 13.1. The second kappa shape index (κ2) is 5.68. The van der Waals surface area contributed by atoms with E-state index >= 15 is 0 Å². The quantitative estimate of drug-likeness (QED) is 0.813. The van der Waals surface area contributed by atoms with Gasteiger partial charge < -0.3 is 11.1 Å². The Morgan fingerprint density at radius 2 is 2.12 bits per heavy atom. The summed E-state index contributed by atoms with van der Waals surface area (Å²) in [5.74, 6) is -0.316. The van der Waals surface area contributed by atoms with Crippen LogP contribution in [0.4, 0.5) is 15.8 Å². The van der Waals surface area contributed by atoms with E-state index < -0.39 is 15.7 Å². The number of rotatable bonds is 5. The summed E-state index contributed by atoms with van der Waals surface area (Å²) in [7, 11) is -3.01. The Morgan fingerprint density at radius 3 is 2.71 bits per heavy atom. The second-order valence-electron chi connectivity index (χ2n) is 3.52. The second-order valence-corrected chi connectivity index (χ2v) is 6.84. The van der Waals surface area contributed by atoms with Crippen LogP contribution in [0.5, 0.6) is 0 Å². The average Bonchev–Trinajstić information content (AvgIpc) is 2.25. The lowest BCUT2D eigenvalue weighted by Crippen LogP contribution is -2.17. The highest BCUT2D eigenvalue weighted by Crippen LogP contribution is 2.26. The van der Waals surface area contributed by atoms with Crippen molar-refractivity contribution in [3.8, 4) is 0 Å². The fourth-order valence-electron chi connectivity index (χ4n) is 1.20. The van der Waals surface area contributed by atoms with Gasteiger partial charge in [-0.15, -0.1) is 0 Å². The van der Waals surface area contributed by atoms with Crippen LogP contribution in [-0.2, 0) is 9.84 Å². The van der Waals surface area contributed by atoms with Crippen molar-refractivity contribution < 1.29 is 12.8 Å². The lowest BCUT2D eigenvalue weighted by molar-refractivity contribution is 0.597. The van der Waals surface area contributed by atoms with Crippen molar-refractivity contribution in [1.82, 2.24) is 0 Å². The van der Waals surface area contributed by atoms with Gasteiger partial charge in [0, 0.05) is 18.4 Å². The molecule has 1 rings (SSSR count). The first-order valence-corrected chi connectivity index (χ1v) is 7.66.